The fraction of sp³-hybridized carbons (Fsp3) is 0.0625. The van der Waals surface area contributed by atoms with Crippen molar-refractivity contribution in [2.24, 2.45) is 0 Å². The van der Waals surface area contributed by atoms with Gasteiger partial charge in [-0.1, -0.05) is 18.2 Å². The number of aromatic nitrogens is 2. The number of nitrogens with one attached hydrogen (secondary N) is 1. The Balaban J connectivity index is 1.76. The average molecular weight is 281 g/mol. The Labute approximate surface area is 120 Å². The topological polar surface area (TPSA) is 54.9 Å². The van der Waals surface area contributed by atoms with Gasteiger partial charge in [0, 0.05) is 29.9 Å². The summed E-state index contributed by atoms with van der Waals surface area (Å²) in [5, 5.41) is 3.53. The van der Waals surface area contributed by atoms with Crippen molar-refractivity contribution in [2.75, 3.05) is 0 Å². The second-order valence-electron chi connectivity index (χ2n) is 4.54. The molecule has 1 amide bonds. The molecule has 1 N–H and O–H groups in total. The fourth-order valence-corrected chi connectivity index (χ4v) is 2.00. The van der Waals surface area contributed by atoms with Gasteiger partial charge < -0.3 is 5.32 Å². The molecule has 0 fully saturated rings. The van der Waals surface area contributed by atoms with Crippen LogP contribution in [0.2, 0.25) is 0 Å². The van der Waals surface area contributed by atoms with Crippen LogP contribution in [0.4, 0.5) is 4.39 Å². The Bertz CT molecular complexity index is 804. The maximum Gasteiger partial charge on any atom is 0.270 e. The van der Waals surface area contributed by atoms with Gasteiger partial charge >= 0.3 is 0 Å². The summed E-state index contributed by atoms with van der Waals surface area (Å²) in [7, 11) is 0. The molecule has 0 saturated carbocycles. The highest BCUT2D eigenvalue weighted by atomic mass is 19.1. The van der Waals surface area contributed by atoms with E-state index in [2.05, 4.69) is 15.3 Å². The van der Waals surface area contributed by atoms with E-state index >= 15 is 0 Å². The fourth-order valence-electron chi connectivity index (χ4n) is 2.00. The van der Waals surface area contributed by atoms with Crippen LogP contribution in [0.1, 0.15) is 16.1 Å². The van der Waals surface area contributed by atoms with E-state index in [1.54, 1.807) is 48.8 Å². The lowest BCUT2D eigenvalue weighted by atomic mass is 10.2. The molecular formula is C16H12FN3O. The van der Waals surface area contributed by atoms with E-state index < -0.39 is 0 Å². The van der Waals surface area contributed by atoms with Crippen LogP contribution in [0.15, 0.2) is 54.9 Å². The van der Waals surface area contributed by atoms with Crippen LogP contribution in [0, 0.1) is 5.82 Å². The van der Waals surface area contributed by atoms with Crippen LogP contribution < -0.4 is 5.32 Å². The summed E-state index contributed by atoms with van der Waals surface area (Å²) in [4.78, 5) is 20.3. The van der Waals surface area contributed by atoms with E-state index in [0.29, 0.717) is 16.8 Å². The second kappa shape index (κ2) is 5.66. The lowest BCUT2D eigenvalue weighted by Crippen LogP contribution is -2.24. The Hall–Kier alpha value is -2.82. The Morgan fingerprint density at radius 1 is 1.14 bits per heavy atom. The van der Waals surface area contributed by atoms with E-state index in [0.717, 1.165) is 5.39 Å². The summed E-state index contributed by atoms with van der Waals surface area (Å²) < 4.78 is 13.5. The van der Waals surface area contributed by atoms with Crippen molar-refractivity contribution in [2.45, 2.75) is 6.54 Å². The van der Waals surface area contributed by atoms with Crippen molar-refractivity contribution in [3.05, 3.63) is 71.9 Å². The van der Waals surface area contributed by atoms with Gasteiger partial charge in [-0.15, -0.1) is 0 Å². The zero-order chi connectivity index (χ0) is 14.7. The third kappa shape index (κ3) is 2.86. The minimum absolute atomic E-state index is 0.127. The zero-order valence-corrected chi connectivity index (χ0v) is 11.1. The van der Waals surface area contributed by atoms with Gasteiger partial charge in [-0.2, -0.15) is 0 Å². The van der Waals surface area contributed by atoms with Gasteiger partial charge in [-0.3, -0.25) is 9.78 Å². The van der Waals surface area contributed by atoms with Gasteiger partial charge in [-0.05, 0) is 24.3 Å². The molecule has 0 spiro atoms. The quantitative estimate of drug-likeness (QED) is 0.803. The minimum atomic E-state index is -0.338. The van der Waals surface area contributed by atoms with Crippen LogP contribution in [0.25, 0.3) is 10.9 Å². The third-order valence-corrected chi connectivity index (χ3v) is 3.12. The van der Waals surface area contributed by atoms with Gasteiger partial charge in [0.1, 0.15) is 11.5 Å². The summed E-state index contributed by atoms with van der Waals surface area (Å²) in [5.41, 5.74) is 1.43. The van der Waals surface area contributed by atoms with Gasteiger partial charge in [0.25, 0.3) is 5.91 Å². The number of rotatable bonds is 3. The summed E-state index contributed by atoms with van der Waals surface area (Å²) in [6, 6.07) is 11.5. The molecular weight excluding hydrogens is 269 g/mol. The molecule has 2 aromatic heterocycles. The van der Waals surface area contributed by atoms with E-state index in [9.17, 15) is 9.18 Å². The molecule has 2 heterocycles. The minimum Gasteiger partial charge on any atom is -0.347 e. The Kier molecular flexibility index (Phi) is 3.55. The molecule has 104 valence electrons. The summed E-state index contributed by atoms with van der Waals surface area (Å²) in [5.74, 6) is -0.674. The number of carbonyl (C=O) groups is 1. The number of benzene rings is 1. The van der Waals surface area contributed by atoms with Crippen LogP contribution in [0.3, 0.4) is 0 Å². The number of fused-ring (bicyclic) bond motifs is 1. The van der Waals surface area contributed by atoms with Crippen LogP contribution in [0.5, 0.6) is 0 Å². The van der Waals surface area contributed by atoms with E-state index in [-0.39, 0.29) is 18.3 Å². The normalized spacial score (nSPS) is 10.5. The van der Waals surface area contributed by atoms with Crippen molar-refractivity contribution in [3.63, 3.8) is 0 Å². The molecule has 0 atom stereocenters. The molecule has 3 rings (SSSR count). The lowest BCUT2D eigenvalue weighted by Gasteiger charge is -2.06. The SMILES string of the molecule is O=C(NCc1ccccc1F)c1ccc2cnccc2n1. The molecule has 0 aliphatic rings. The zero-order valence-electron chi connectivity index (χ0n) is 11.1. The van der Waals surface area contributed by atoms with Crippen molar-refractivity contribution in [3.8, 4) is 0 Å². The highest BCUT2D eigenvalue weighted by Crippen LogP contribution is 2.11. The number of hydrogen-bond acceptors (Lipinski definition) is 3. The van der Waals surface area contributed by atoms with E-state index in [1.807, 2.05) is 0 Å². The maximum absolute atomic E-state index is 13.5. The van der Waals surface area contributed by atoms with Crippen LogP contribution in [-0.2, 0) is 6.54 Å². The molecule has 21 heavy (non-hydrogen) atoms. The van der Waals surface area contributed by atoms with Gasteiger partial charge in [-0.25, -0.2) is 9.37 Å². The largest absolute Gasteiger partial charge is 0.347 e. The average Bonchev–Trinajstić information content (AvgIpc) is 2.53. The second-order valence-corrected chi connectivity index (χ2v) is 4.54. The monoisotopic (exact) mass is 281 g/mol. The van der Waals surface area contributed by atoms with Crippen molar-refractivity contribution >= 4 is 16.8 Å². The molecule has 0 bridgehead atoms. The molecule has 1 aromatic carbocycles. The molecule has 0 radical (unpaired) electrons. The maximum atomic E-state index is 13.5. The molecule has 0 aliphatic carbocycles. The number of carbonyl (C=O) groups excluding carboxylic acids is 1. The molecule has 0 saturated heterocycles. The first kappa shape index (κ1) is 13.2. The summed E-state index contributed by atoms with van der Waals surface area (Å²) in [6.45, 7) is 0.127. The predicted octanol–water partition coefficient (Wildman–Crippen LogP) is 2.70. The molecule has 3 aromatic rings. The smallest absolute Gasteiger partial charge is 0.270 e. The summed E-state index contributed by atoms with van der Waals surface area (Å²) in [6.07, 6.45) is 3.31. The highest BCUT2D eigenvalue weighted by Gasteiger charge is 2.09. The number of halogens is 1. The molecule has 0 unspecified atom stereocenters. The third-order valence-electron chi connectivity index (χ3n) is 3.12. The van der Waals surface area contributed by atoms with Crippen LogP contribution >= 0.6 is 0 Å². The van der Waals surface area contributed by atoms with Crippen LogP contribution in [-0.4, -0.2) is 15.9 Å². The molecule has 4 nitrogen and oxygen atoms in total. The van der Waals surface area contributed by atoms with E-state index in [4.69, 9.17) is 0 Å². The Morgan fingerprint density at radius 2 is 2.00 bits per heavy atom. The van der Waals surface area contributed by atoms with Gasteiger partial charge in [0.2, 0.25) is 0 Å². The van der Waals surface area contributed by atoms with Crippen molar-refractivity contribution < 1.29 is 9.18 Å². The first-order valence-corrected chi connectivity index (χ1v) is 6.46. The molecule has 0 aliphatic heterocycles. The van der Waals surface area contributed by atoms with Crippen molar-refractivity contribution in [1.29, 1.82) is 0 Å². The summed E-state index contributed by atoms with van der Waals surface area (Å²) >= 11 is 0. The standard InChI is InChI=1S/C16H12FN3O/c17-13-4-2-1-3-11(13)10-19-16(21)15-6-5-12-9-18-8-7-14(12)20-15/h1-9H,10H2,(H,19,21). The first-order chi connectivity index (χ1) is 10.2. The Morgan fingerprint density at radius 3 is 2.86 bits per heavy atom. The van der Waals surface area contributed by atoms with Gasteiger partial charge in [0.15, 0.2) is 0 Å². The number of pyridine rings is 2. The highest BCUT2D eigenvalue weighted by molar-refractivity contribution is 5.94. The number of hydrogen-bond donors (Lipinski definition) is 1. The number of amides is 1. The molecule has 5 heteroatoms. The lowest BCUT2D eigenvalue weighted by molar-refractivity contribution is 0.0946. The predicted molar refractivity (Wildman–Crippen MR) is 77.1 cm³/mol. The van der Waals surface area contributed by atoms with Gasteiger partial charge in [0.05, 0.1) is 5.52 Å². The van der Waals surface area contributed by atoms with E-state index in [1.165, 1.54) is 6.07 Å². The first-order valence-electron chi connectivity index (χ1n) is 6.46. The van der Waals surface area contributed by atoms with Crippen molar-refractivity contribution in [1.82, 2.24) is 15.3 Å². The number of nitrogens with zero attached hydrogens (tertiary/aromatic N) is 2.